The van der Waals surface area contributed by atoms with Gasteiger partial charge in [-0.15, -0.1) is 0 Å². The van der Waals surface area contributed by atoms with Gasteiger partial charge in [-0.25, -0.2) is 0 Å². The number of nitrogens with one attached hydrogen (secondary N) is 1. The molecule has 0 bridgehead atoms. The monoisotopic (exact) mass is 303 g/mol. The number of ether oxygens (including phenoxy) is 1. The summed E-state index contributed by atoms with van der Waals surface area (Å²) in [5.74, 6) is 0.622. The zero-order valence-corrected chi connectivity index (χ0v) is 13.4. The maximum absolute atomic E-state index is 6.32. The highest BCUT2D eigenvalue weighted by atomic mass is 35.5. The molecule has 1 atom stereocenters. The van der Waals surface area contributed by atoms with Crippen LogP contribution < -0.4 is 10.1 Å². The Labute approximate surface area is 126 Å². The SMILES string of the molecule is CCCCCCC(NC)c1cc(Cl)c(OC)cc1Cl. The van der Waals surface area contributed by atoms with Crippen LogP contribution in [0.4, 0.5) is 0 Å². The van der Waals surface area contributed by atoms with E-state index in [1.165, 1.54) is 25.7 Å². The zero-order chi connectivity index (χ0) is 14.3. The molecule has 0 aromatic heterocycles. The molecule has 108 valence electrons. The minimum atomic E-state index is 0.243. The van der Waals surface area contributed by atoms with Gasteiger partial charge in [-0.3, -0.25) is 0 Å². The lowest BCUT2D eigenvalue weighted by Gasteiger charge is -2.19. The summed E-state index contributed by atoms with van der Waals surface area (Å²) >= 11 is 12.5. The number of methoxy groups -OCH3 is 1. The lowest BCUT2D eigenvalue weighted by molar-refractivity contribution is 0.414. The highest BCUT2D eigenvalue weighted by Gasteiger charge is 2.15. The predicted molar refractivity (Wildman–Crippen MR) is 83.6 cm³/mol. The minimum absolute atomic E-state index is 0.243. The third kappa shape index (κ3) is 4.87. The lowest BCUT2D eigenvalue weighted by atomic mass is 10.00. The predicted octanol–water partition coefficient (Wildman–Crippen LogP) is 5.23. The van der Waals surface area contributed by atoms with Crippen molar-refractivity contribution in [2.45, 2.75) is 45.1 Å². The summed E-state index contributed by atoms with van der Waals surface area (Å²) in [4.78, 5) is 0. The van der Waals surface area contributed by atoms with Crippen molar-refractivity contribution in [3.05, 3.63) is 27.7 Å². The summed E-state index contributed by atoms with van der Waals surface area (Å²) < 4.78 is 5.17. The highest BCUT2D eigenvalue weighted by Crippen LogP contribution is 2.35. The summed E-state index contributed by atoms with van der Waals surface area (Å²) in [5, 5.41) is 4.63. The van der Waals surface area contributed by atoms with Crippen molar-refractivity contribution in [2.24, 2.45) is 0 Å². The normalized spacial score (nSPS) is 12.5. The largest absolute Gasteiger partial charge is 0.495 e. The number of rotatable bonds is 8. The fourth-order valence-corrected chi connectivity index (χ4v) is 2.73. The molecular weight excluding hydrogens is 281 g/mol. The average Bonchev–Trinajstić information content (AvgIpc) is 2.41. The summed E-state index contributed by atoms with van der Waals surface area (Å²) in [5.41, 5.74) is 1.05. The summed E-state index contributed by atoms with van der Waals surface area (Å²) in [6.07, 6.45) is 6.06. The Hall–Kier alpha value is -0.440. The van der Waals surface area contributed by atoms with Gasteiger partial charge in [0.15, 0.2) is 0 Å². The molecule has 2 nitrogen and oxygen atoms in total. The standard InChI is InChI=1S/C15H23Cl2NO/c1-4-5-6-7-8-14(18-2)11-9-13(17)15(19-3)10-12(11)16/h9-10,14,18H,4-8H2,1-3H3. The molecule has 0 heterocycles. The minimum Gasteiger partial charge on any atom is -0.495 e. The first-order valence-corrected chi connectivity index (χ1v) is 7.59. The molecule has 1 rings (SSSR count). The molecule has 0 saturated heterocycles. The molecule has 0 aliphatic rings. The van der Waals surface area contributed by atoms with Crippen LogP contribution in [0.5, 0.6) is 5.75 Å². The van der Waals surface area contributed by atoms with Crippen molar-refractivity contribution in [1.82, 2.24) is 5.32 Å². The van der Waals surface area contributed by atoms with Crippen molar-refractivity contribution in [1.29, 1.82) is 0 Å². The highest BCUT2D eigenvalue weighted by molar-refractivity contribution is 6.34. The Balaban J connectivity index is 2.77. The summed E-state index contributed by atoms with van der Waals surface area (Å²) in [6, 6.07) is 3.94. The van der Waals surface area contributed by atoms with Crippen LogP contribution in [-0.2, 0) is 0 Å². The molecule has 4 heteroatoms. The van der Waals surface area contributed by atoms with Crippen LogP contribution in [0.25, 0.3) is 0 Å². The van der Waals surface area contributed by atoms with E-state index in [0.29, 0.717) is 15.8 Å². The van der Waals surface area contributed by atoms with Gasteiger partial charge in [0.05, 0.1) is 12.1 Å². The van der Waals surface area contributed by atoms with Crippen molar-refractivity contribution in [3.8, 4) is 5.75 Å². The van der Waals surface area contributed by atoms with E-state index in [2.05, 4.69) is 12.2 Å². The molecule has 1 aromatic rings. The van der Waals surface area contributed by atoms with E-state index in [9.17, 15) is 0 Å². The van der Waals surface area contributed by atoms with Crippen LogP contribution in [0.1, 0.15) is 50.6 Å². The molecule has 1 unspecified atom stereocenters. The molecule has 19 heavy (non-hydrogen) atoms. The van der Waals surface area contributed by atoms with Crippen LogP contribution in [-0.4, -0.2) is 14.2 Å². The van der Waals surface area contributed by atoms with E-state index in [-0.39, 0.29) is 6.04 Å². The van der Waals surface area contributed by atoms with E-state index < -0.39 is 0 Å². The maximum Gasteiger partial charge on any atom is 0.138 e. The third-order valence-corrected chi connectivity index (χ3v) is 3.96. The zero-order valence-electron chi connectivity index (χ0n) is 11.9. The van der Waals surface area contributed by atoms with Gasteiger partial charge in [0.25, 0.3) is 0 Å². The number of hydrogen-bond acceptors (Lipinski definition) is 2. The molecule has 0 amide bonds. The first-order valence-electron chi connectivity index (χ1n) is 6.84. The van der Waals surface area contributed by atoms with Crippen LogP contribution in [0.2, 0.25) is 10.0 Å². The van der Waals surface area contributed by atoms with Crippen LogP contribution in [0.15, 0.2) is 12.1 Å². The van der Waals surface area contributed by atoms with Gasteiger partial charge in [0, 0.05) is 17.1 Å². The number of halogens is 2. The van der Waals surface area contributed by atoms with Crippen LogP contribution in [0.3, 0.4) is 0 Å². The second-order valence-electron chi connectivity index (χ2n) is 4.70. The molecule has 0 fully saturated rings. The molecule has 0 aliphatic carbocycles. The Morgan fingerprint density at radius 1 is 1.16 bits per heavy atom. The molecule has 1 aromatic carbocycles. The molecule has 0 aliphatic heterocycles. The van der Waals surface area contributed by atoms with E-state index >= 15 is 0 Å². The Kier molecular flexibility index (Phi) is 7.59. The molecule has 0 spiro atoms. The van der Waals surface area contributed by atoms with Gasteiger partial charge in [-0.05, 0) is 25.1 Å². The van der Waals surface area contributed by atoms with E-state index in [1.807, 2.05) is 13.1 Å². The number of hydrogen-bond donors (Lipinski definition) is 1. The smallest absolute Gasteiger partial charge is 0.138 e. The van der Waals surface area contributed by atoms with Gasteiger partial charge in [0.2, 0.25) is 0 Å². The van der Waals surface area contributed by atoms with Crippen LogP contribution >= 0.6 is 23.2 Å². The average molecular weight is 304 g/mol. The number of unbranched alkanes of at least 4 members (excludes halogenated alkanes) is 3. The number of benzene rings is 1. The first-order chi connectivity index (χ1) is 9.13. The topological polar surface area (TPSA) is 21.3 Å². The third-order valence-electron chi connectivity index (χ3n) is 3.34. The van der Waals surface area contributed by atoms with E-state index in [4.69, 9.17) is 27.9 Å². The van der Waals surface area contributed by atoms with E-state index in [0.717, 1.165) is 12.0 Å². The fourth-order valence-electron chi connectivity index (χ4n) is 2.20. The first kappa shape index (κ1) is 16.6. The van der Waals surface area contributed by atoms with Crippen molar-refractivity contribution in [2.75, 3.05) is 14.2 Å². The van der Waals surface area contributed by atoms with Crippen molar-refractivity contribution < 1.29 is 4.74 Å². The Morgan fingerprint density at radius 2 is 1.89 bits per heavy atom. The van der Waals surface area contributed by atoms with Gasteiger partial charge in [-0.1, -0.05) is 55.8 Å². The fraction of sp³-hybridized carbons (Fsp3) is 0.600. The van der Waals surface area contributed by atoms with Crippen molar-refractivity contribution >= 4 is 23.2 Å². The molecular formula is C15H23Cl2NO. The van der Waals surface area contributed by atoms with Gasteiger partial charge < -0.3 is 10.1 Å². The maximum atomic E-state index is 6.32. The Morgan fingerprint density at radius 3 is 2.47 bits per heavy atom. The second kappa shape index (κ2) is 8.68. The van der Waals surface area contributed by atoms with E-state index in [1.54, 1.807) is 13.2 Å². The molecule has 0 radical (unpaired) electrons. The summed E-state index contributed by atoms with van der Waals surface area (Å²) in [7, 11) is 3.55. The van der Waals surface area contributed by atoms with Gasteiger partial charge >= 0.3 is 0 Å². The second-order valence-corrected chi connectivity index (χ2v) is 5.51. The quantitative estimate of drug-likeness (QED) is 0.664. The Bertz CT molecular complexity index is 396. The lowest BCUT2D eigenvalue weighted by Crippen LogP contribution is -2.16. The molecule has 0 saturated carbocycles. The van der Waals surface area contributed by atoms with Gasteiger partial charge in [-0.2, -0.15) is 0 Å². The van der Waals surface area contributed by atoms with Gasteiger partial charge in [0.1, 0.15) is 5.75 Å². The summed E-state index contributed by atoms with van der Waals surface area (Å²) in [6.45, 7) is 2.22. The van der Waals surface area contributed by atoms with Crippen molar-refractivity contribution in [3.63, 3.8) is 0 Å². The van der Waals surface area contributed by atoms with Crippen LogP contribution in [0, 0.1) is 0 Å². The molecule has 1 N–H and O–H groups in total.